The highest BCUT2D eigenvalue weighted by Gasteiger charge is 2.08. The third kappa shape index (κ3) is 2.40. The van der Waals surface area contributed by atoms with Crippen LogP contribution < -0.4 is 0 Å². The van der Waals surface area contributed by atoms with Crippen LogP contribution in [0, 0.1) is 0 Å². The van der Waals surface area contributed by atoms with Crippen LogP contribution in [0.4, 0.5) is 0 Å². The molecule has 0 aliphatic rings. The largest absolute Gasteiger partial charge is 0.465 e. The van der Waals surface area contributed by atoms with Gasteiger partial charge in [0.15, 0.2) is 0 Å². The number of carbonyl (C=O) groups excluding carboxylic acids is 1. The highest BCUT2D eigenvalue weighted by molar-refractivity contribution is 6.18. The summed E-state index contributed by atoms with van der Waals surface area (Å²) < 4.78 is 4.59. The molecule has 0 bridgehead atoms. The van der Waals surface area contributed by atoms with Crippen molar-refractivity contribution in [2.75, 3.05) is 7.11 Å². The molecule has 0 amide bonds. The van der Waals surface area contributed by atoms with Crippen LogP contribution in [-0.2, 0) is 16.5 Å². The molecule has 0 radical (unpaired) electrons. The number of carbonyl (C=O) groups is 1. The highest BCUT2D eigenvalue weighted by atomic mass is 35.5. The van der Waals surface area contributed by atoms with Gasteiger partial charge >= 0.3 is 5.97 Å². The Morgan fingerprint density at radius 1 is 1.29 bits per heavy atom. The maximum absolute atomic E-state index is 11.2. The first kappa shape index (κ1) is 11.3. The van der Waals surface area contributed by atoms with Gasteiger partial charge in [0, 0.05) is 11.8 Å². The summed E-state index contributed by atoms with van der Waals surface area (Å²) in [6.45, 7) is 0. The lowest BCUT2D eigenvalue weighted by Crippen LogP contribution is -2.02. The first-order valence-corrected chi connectivity index (χ1v) is 5.12. The van der Waals surface area contributed by atoms with Crippen LogP contribution in [0.3, 0.4) is 0 Å². The monoisotopic (exact) mass is 232 g/mol. The molecule has 14 heavy (non-hydrogen) atoms. The molecule has 0 fully saturated rings. The van der Waals surface area contributed by atoms with E-state index < -0.39 is 0 Å². The van der Waals surface area contributed by atoms with Crippen molar-refractivity contribution in [1.29, 1.82) is 0 Å². The molecule has 0 aliphatic carbocycles. The molecule has 0 unspecified atom stereocenters. The summed E-state index contributed by atoms with van der Waals surface area (Å²) in [6, 6.07) is 5.17. The summed E-state index contributed by atoms with van der Waals surface area (Å²) in [6.07, 6.45) is 0. The van der Waals surface area contributed by atoms with E-state index in [1.54, 1.807) is 18.2 Å². The Bertz CT molecular complexity index is 337. The van der Waals surface area contributed by atoms with E-state index in [4.69, 9.17) is 23.2 Å². The van der Waals surface area contributed by atoms with Crippen LogP contribution >= 0.6 is 23.2 Å². The van der Waals surface area contributed by atoms with Crippen molar-refractivity contribution in [3.63, 3.8) is 0 Å². The van der Waals surface area contributed by atoms with Crippen LogP contribution in [0.2, 0.25) is 0 Å². The normalized spacial score (nSPS) is 9.93. The third-order valence-electron chi connectivity index (χ3n) is 1.92. The molecule has 2 nitrogen and oxygen atoms in total. The van der Waals surface area contributed by atoms with E-state index in [-0.39, 0.29) is 5.97 Å². The molecule has 0 aliphatic heterocycles. The van der Waals surface area contributed by atoms with E-state index in [1.807, 2.05) is 0 Å². The predicted molar refractivity (Wildman–Crippen MR) is 56.9 cm³/mol. The van der Waals surface area contributed by atoms with Gasteiger partial charge in [-0.05, 0) is 23.3 Å². The number of hydrogen-bond acceptors (Lipinski definition) is 2. The highest BCUT2D eigenvalue weighted by Crippen LogP contribution is 2.17. The number of rotatable bonds is 3. The van der Waals surface area contributed by atoms with E-state index >= 15 is 0 Å². The van der Waals surface area contributed by atoms with Gasteiger partial charge in [-0.25, -0.2) is 4.79 Å². The first-order valence-electron chi connectivity index (χ1n) is 4.05. The molecule has 0 aromatic heterocycles. The number of alkyl halides is 2. The second-order valence-corrected chi connectivity index (χ2v) is 3.28. The molecule has 1 aromatic rings. The number of hydrogen-bond donors (Lipinski definition) is 0. The molecule has 0 saturated carbocycles. The summed E-state index contributed by atoms with van der Waals surface area (Å²) in [7, 11) is 1.35. The molecular formula is C10H10Cl2O2. The van der Waals surface area contributed by atoms with Crippen molar-refractivity contribution in [2.45, 2.75) is 11.8 Å². The van der Waals surface area contributed by atoms with Gasteiger partial charge in [0.1, 0.15) is 0 Å². The van der Waals surface area contributed by atoms with Crippen LogP contribution in [0.5, 0.6) is 0 Å². The molecule has 1 aromatic carbocycles. The lowest BCUT2D eigenvalue weighted by atomic mass is 10.1. The Morgan fingerprint density at radius 3 is 2.43 bits per heavy atom. The number of methoxy groups -OCH3 is 1. The average Bonchev–Trinajstić information content (AvgIpc) is 2.26. The average molecular weight is 233 g/mol. The van der Waals surface area contributed by atoms with Crippen LogP contribution in [0.1, 0.15) is 21.5 Å². The van der Waals surface area contributed by atoms with Crippen LogP contribution in [0.15, 0.2) is 18.2 Å². The molecule has 76 valence electrons. The van der Waals surface area contributed by atoms with Gasteiger partial charge in [-0.15, -0.1) is 23.2 Å². The van der Waals surface area contributed by atoms with E-state index in [0.717, 1.165) is 11.1 Å². The fourth-order valence-corrected chi connectivity index (χ4v) is 1.64. The lowest BCUT2D eigenvalue weighted by molar-refractivity contribution is 0.0600. The summed E-state index contributed by atoms with van der Waals surface area (Å²) in [5, 5.41) is 0. The van der Waals surface area contributed by atoms with Crippen molar-refractivity contribution >= 4 is 29.2 Å². The quantitative estimate of drug-likeness (QED) is 0.592. The number of esters is 1. The van der Waals surface area contributed by atoms with Crippen molar-refractivity contribution in [1.82, 2.24) is 0 Å². The van der Waals surface area contributed by atoms with Gasteiger partial charge in [-0.3, -0.25) is 0 Å². The molecular weight excluding hydrogens is 223 g/mol. The lowest BCUT2D eigenvalue weighted by Gasteiger charge is -2.05. The zero-order valence-electron chi connectivity index (χ0n) is 7.72. The molecule has 0 N–H and O–H groups in total. The first-order chi connectivity index (χ1) is 6.72. The number of ether oxygens (including phenoxy) is 1. The minimum atomic E-state index is -0.363. The number of benzene rings is 1. The molecule has 0 spiro atoms. The van der Waals surface area contributed by atoms with E-state index in [0.29, 0.717) is 17.3 Å². The molecule has 0 atom stereocenters. The maximum atomic E-state index is 11.2. The number of halogens is 2. The Balaban J connectivity index is 3.07. The van der Waals surface area contributed by atoms with Crippen LogP contribution in [-0.4, -0.2) is 13.1 Å². The maximum Gasteiger partial charge on any atom is 0.337 e. The van der Waals surface area contributed by atoms with Crippen molar-refractivity contribution in [3.8, 4) is 0 Å². The van der Waals surface area contributed by atoms with Gasteiger partial charge in [0.25, 0.3) is 0 Å². The summed E-state index contributed by atoms with van der Waals surface area (Å²) in [5.41, 5.74) is 2.30. The predicted octanol–water partition coefficient (Wildman–Crippen LogP) is 2.95. The van der Waals surface area contributed by atoms with Gasteiger partial charge in [-0.1, -0.05) is 6.07 Å². The van der Waals surface area contributed by atoms with E-state index in [1.165, 1.54) is 7.11 Å². The molecule has 0 saturated heterocycles. The van der Waals surface area contributed by atoms with E-state index in [2.05, 4.69) is 4.74 Å². The van der Waals surface area contributed by atoms with Crippen molar-refractivity contribution < 1.29 is 9.53 Å². The fraction of sp³-hybridized carbons (Fsp3) is 0.300. The second-order valence-electron chi connectivity index (χ2n) is 2.74. The Morgan fingerprint density at radius 2 is 1.93 bits per heavy atom. The Kier molecular flexibility index (Phi) is 4.23. The Labute approximate surface area is 92.8 Å². The van der Waals surface area contributed by atoms with Gasteiger partial charge < -0.3 is 4.74 Å². The molecule has 4 heteroatoms. The van der Waals surface area contributed by atoms with E-state index in [9.17, 15) is 4.79 Å². The van der Waals surface area contributed by atoms with Gasteiger partial charge in [0.2, 0.25) is 0 Å². The molecule has 0 heterocycles. The smallest absolute Gasteiger partial charge is 0.337 e. The Hall–Kier alpha value is -0.730. The van der Waals surface area contributed by atoms with Gasteiger partial charge in [-0.2, -0.15) is 0 Å². The summed E-state index contributed by atoms with van der Waals surface area (Å²) in [4.78, 5) is 11.2. The minimum Gasteiger partial charge on any atom is -0.465 e. The topological polar surface area (TPSA) is 26.3 Å². The van der Waals surface area contributed by atoms with Crippen LogP contribution in [0.25, 0.3) is 0 Å². The molecule has 1 rings (SSSR count). The fourth-order valence-electron chi connectivity index (χ4n) is 1.13. The van der Waals surface area contributed by atoms with Crippen molar-refractivity contribution in [3.05, 3.63) is 34.9 Å². The van der Waals surface area contributed by atoms with Crippen molar-refractivity contribution in [2.24, 2.45) is 0 Å². The second kappa shape index (κ2) is 5.23. The summed E-state index contributed by atoms with van der Waals surface area (Å²) in [5.74, 6) is 0.369. The zero-order valence-corrected chi connectivity index (χ0v) is 9.23. The van der Waals surface area contributed by atoms with Gasteiger partial charge in [0.05, 0.1) is 12.7 Å². The standard InChI is InChI=1S/C10H10Cl2O2/c1-14-10(13)7-2-3-8(5-11)9(4-7)6-12/h2-4H,5-6H2,1H3. The third-order valence-corrected chi connectivity index (χ3v) is 2.49. The zero-order chi connectivity index (χ0) is 10.6. The summed E-state index contributed by atoms with van der Waals surface area (Å²) >= 11 is 11.4. The SMILES string of the molecule is COC(=O)c1ccc(CCl)c(CCl)c1. The minimum absolute atomic E-state index is 0.340.